The predicted octanol–water partition coefficient (Wildman–Crippen LogP) is 2.69. The van der Waals surface area contributed by atoms with E-state index in [0.717, 1.165) is 12.1 Å². The number of sulfone groups is 1. The first kappa shape index (κ1) is 24.7. The van der Waals surface area contributed by atoms with E-state index in [4.69, 9.17) is 4.78 Å². The fourth-order valence-corrected chi connectivity index (χ4v) is 6.76. The minimum absolute atomic E-state index is 0.168. The smallest absolute Gasteiger partial charge is 0.354 e. The van der Waals surface area contributed by atoms with Gasteiger partial charge in [0, 0.05) is 46.6 Å². The van der Waals surface area contributed by atoms with Gasteiger partial charge in [0.2, 0.25) is 5.95 Å². The summed E-state index contributed by atoms with van der Waals surface area (Å²) in [7, 11) is -5.81. The highest BCUT2D eigenvalue weighted by Gasteiger charge is 2.37. The molecule has 15 heteroatoms. The van der Waals surface area contributed by atoms with Crippen molar-refractivity contribution in [2.24, 2.45) is 0 Å². The van der Waals surface area contributed by atoms with Crippen molar-refractivity contribution in [1.82, 2.24) is 19.7 Å². The molecule has 1 aromatic carbocycles. The first-order chi connectivity index (χ1) is 16.8. The van der Waals surface area contributed by atoms with Crippen molar-refractivity contribution in [3.05, 3.63) is 36.0 Å². The number of hydrogen-bond donors (Lipinski definition) is 2. The molecule has 2 aliphatic rings. The highest BCUT2D eigenvalue weighted by molar-refractivity contribution is 7.92. The summed E-state index contributed by atoms with van der Waals surface area (Å²) in [5.41, 5.74) is -0.374. The van der Waals surface area contributed by atoms with E-state index in [-0.39, 0.29) is 34.8 Å². The molecule has 2 aromatic heterocycles. The van der Waals surface area contributed by atoms with Gasteiger partial charge in [-0.05, 0) is 31.0 Å². The van der Waals surface area contributed by atoms with Crippen molar-refractivity contribution in [2.75, 3.05) is 41.1 Å². The molecule has 0 radical (unpaired) electrons. The van der Waals surface area contributed by atoms with Crippen molar-refractivity contribution in [2.45, 2.75) is 30.3 Å². The van der Waals surface area contributed by atoms with E-state index in [0.29, 0.717) is 37.1 Å². The third-order valence-corrected chi connectivity index (χ3v) is 9.82. The lowest BCUT2D eigenvalue weighted by atomic mass is 9.92. The van der Waals surface area contributed by atoms with Crippen molar-refractivity contribution >= 4 is 42.4 Å². The van der Waals surface area contributed by atoms with Crippen LogP contribution < -0.4 is 10.2 Å². The number of nitrogens with one attached hydrogen (secondary N) is 2. The molecule has 0 spiro atoms. The van der Waals surface area contributed by atoms with Crippen LogP contribution in [0.25, 0.3) is 16.7 Å². The Bertz CT molecular complexity index is 1520. The van der Waals surface area contributed by atoms with Crippen LogP contribution in [-0.4, -0.2) is 74.5 Å². The van der Waals surface area contributed by atoms with Gasteiger partial charge < -0.3 is 10.2 Å². The van der Waals surface area contributed by atoms with Crippen molar-refractivity contribution in [3.8, 4) is 5.69 Å². The highest BCUT2D eigenvalue weighted by atomic mass is 32.2. The fourth-order valence-electron chi connectivity index (χ4n) is 4.36. The van der Waals surface area contributed by atoms with Gasteiger partial charge in [0.05, 0.1) is 28.1 Å². The standard InChI is InChI=1S/C21H24F3N7O3S2/c1-35(32,33)16-10-14(11-16)27-20-28-18(30-5-7-36(25,34)8-6-30)17-12-26-31(19(17)29-20)15-4-2-3-13(9-15)21(22,23)24/h2-4,9,12,14,16,25H,5-8,10-11H2,1H3,(H,27,28,29)/t14-,16+. The molecule has 10 nitrogen and oxygen atoms in total. The lowest BCUT2D eigenvalue weighted by Crippen LogP contribution is -2.44. The Balaban J connectivity index is 1.55. The Labute approximate surface area is 205 Å². The van der Waals surface area contributed by atoms with Gasteiger partial charge in [-0.2, -0.15) is 28.2 Å². The van der Waals surface area contributed by atoms with Gasteiger partial charge in [0.25, 0.3) is 0 Å². The van der Waals surface area contributed by atoms with E-state index in [1.807, 2.05) is 4.90 Å². The van der Waals surface area contributed by atoms with Gasteiger partial charge in [-0.25, -0.2) is 17.3 Å². The zero-order valence-electron chi connectivity index (χ0n) is 19.2. The number of rotatable bonds is 5. The average Bonchev–Trinajstić information content (AvgIpc) is 3.18. The second-order valence-electron chi connectivity index (χ2n) is 9.18. The summed E-state index contributed by atoms with van der Waals surface area (Å²) in [5, 5.41) is 7.49. The lowest BCUT2D eigenvalue weighted by Gasteiger charge is -2.34. The zero-order valence-corrected chi connectivity index (χ0v) is 20.8. The molecule has 1 aliphatic carbocycles. The minimum atomic E-state index is -4.52. The first-order valence-corrected chi connectivity index (χ1v) is 15.0. The molecule has 5 rings (SSSR count). The normalized spacial score (nSPS) is 22.4. The molecule has 36 heavy (non-hydrogen) atoms. The van der Waals surface area contributed by atoms with Crippen LogP contribution in [0.5, 0.6) is 0 Å². The molecular formula is C21H24F3N7O3S2. The van der Waals surface area contributed by atoms with Crippen LogP contribution in [0, 0.1) is 4.78 Å². The number of fused-ring (bicyclic) bond motifs is 1. The number of hydrogen-bond acceptors (Lipinski definition) is 9. The van der Waals surface area contributed by atoms with E-state index in [9.17, 15) is 25.8 Å². The summed E-state index contributed by atoms with van der Waals surface area (Å²) in [6.45, 7) is 0.643. The number of nitrogens with zero attached hydrogens (tertiary/aromatic N) is 5. The third kappa shape index (κ3) is 4.85. The van der Waals surface area contributed by atoms with Crippen LogP contribution in [0.4, 0.5) is 24.9 Å². The van der Waals surface area contributed by atoms with Gasteiger partial charge >= 0.3 is 6.18 Å². The van der Waals surface area contributed by atoms with Crippen LogP contribution in [-0.2, 0) is 25.7 Å². The number of benzene rings is 1. The Morgan fingerprint density at radius 3 is 2.50 bits per heavy atom. The van der Waals surface area contributed by atoms with E-state index in [1.54, 1.807) is 0 Å². The maximum atomic E-state index is 13.3. The lowest BCUT2D eigenvalue weighted by molar-refractivity contribution is -0.137. The molecule has 3 aromatic rings. The van der Waals surface area contributed by atoms with Gasteiger partial charge in [0.1, 0.15) is 15.7 Å². The van der Waals surface area contributed by atoms with E-state index >= 15 is 0 Å². The summed E-state index contributed by atoms with van der Waals surface area (Å²) >= 11 is 0. The Morgan fingerprint density at radius 1 is 1.17 bits per heavy atom. The summed E-state index contributed by atoms with van der Waals surface area (Å²) < 4.78 is 84.8. The van der Waals surface area contributed by atoms with Crippen molar-refractivity contribution in [3.63, 3.8) is 0 Å². The maximum absolute atomic E-state index is 13.3. The second-order valence-corrected chi connectivity index (χ2v) is 13.9. The first-order valence-electron chi connectivity index (χ1n) is 11.2. The predicted molar refractivity (Wildman–Crippen MR) is 130 cm³/mol. The SMILES string of the molecule is CS(=O)(=O)[C@H]1C[C@@H](Nc2nc(N3CCS(=N)(=O)CC3)c3cnn(-c4cccc(C(F)(F)F)c4)c3n2)C1. The number of alkyl halides is 3. The monoisotopic (exact) mass is 543 g/mol. The Hall–Kier alpha value is -2.94. The van der Waals surface area contributed by atoms with Gasteiger partial charge in [-0.1, -0.05) is 6.07 Å². The fraction of sp³-hybridized carbons (Fsp3) is 0.476. The minimum Gasteiger partial charge on any atom is -0.354 e. The Morgan fingerprint density at radius 2 is 1.86 bits per heavy atom. The van der Waals surface area contributed by atoms with Crippen LogP contribution in [0.15, 0.2) is 30.5 Å². The number of anilines is 2. The summed E-state index contributed by atoms with van der Waals surface area (Å²) in [4.78, 5) is 11.0. The van der Waals surface area contributed by atoms with Crippen LogP contribution in [0.1, 0.15) is 18.4 Å². The quantitative estimate of drug-likeness (QED) is 0.502. The molecule has 0 atom stereocenters. The topological polar surface area (TPSA) is 134 Å². The van der Waals surface area contributed by atoms with Gasteiger partial charge in [-0.15, -0.1) is 0 Å². The number of aromatic nitrogens is 4. The molecule has 194 valence electrons. The zero-order chi connectivity index (χ0) is 25.9. The van der Waals surface area contributed by atoms with Crippen LogP contribution in [0.2, 0.25) is 0 Å². The van der Waals surface area contributed by atoms with E-state index < -0.39 is 36.6 Å². The molecule has 3 heterocycles. The molecule has 1 saturated heterocycles. The largest absolute Gasteiger partial charge is 0.416 e. The average molecular weight is 544 g/mol. The number of halogens is 3. The second kappa shape index (κ2) is 8.57. The molecule has 2 fully saturated rings. The van der Waals surface area contributed by atoms with Gasteiger partial charge in [0.15, 0.2) is 5.65 Å². The van der Waals surface area contributed by atoms with E-state index in [2.05, 4.69) is 20.4 Å². The Kier molecular flexibility index (Phi) is 5.89. The molecule has 0 bridgehead atoms. The molecular weight excluding hydrogens is 519 g/mol. The van der Waals surface area contributed by atoms with E-state index in [1.165, 1.54) is 29.3 Å². The highest BCUT2D eigenvalue weighted by Crippen LogP contribution is 2.34. The molecule has 1 aliphatic heterocycles. The van der Waals surface area contributed by atoms with Crippen molar-refractivity contribution in [1.29, 1.82) is 4.78 Å². The molecule has 1 saturated carbocycles. The molecule has 0 amide bonds. The summed E-state index contributed by atoms with van der Waals surface area (Å²) in [6, 6.07) is 4.58. The molecule has 0 unspecified atom stereocenters. The summed E-state index contributed by atoms with van der Waals surface area (Å²) in [5.74, 6) is 0.999. The van der Waals surface area contributed by atoms with Gasteiger partial charge in [-0.3, -0.25) is 4.78 Å². The summed E-state index contributed by atoms with van der Waals surface area (Å²) in [6.07, 6.45) is -1.06. The third-order valence-electron chi connectivity index (χ3n) is 6.54. The van der Waals surface area contributed by atoms with Crippen LogP contribution in [0.3, 0.4) is 0 Å². The van der Waals surface area contributed by atoms with Crippen molar-refractivity contribution < 1.29 is 25.8 Å². The maximum Gasteiger partial charge on any atom is 0.416 e. The molecule has 2 N–H and O–H groups in total. The van der Waals surface area contributed by atoms with Crippen LogP contribution >= 0.6 is 0 Å².